The van der Waals surface area contributed by atoms with Gasteiger partial charge in [-0.05, 0) is 52.3 Å². The van der Waals surface area contributed by atoms with Crippen LogP contribution in [0.5, 0.6) is 0 Å². The van der Waals surface area contributed by atoms with E-state index in [2.05, 4.69) is 20.9 Å². The lowest BCUT2D eigenvalue weighted by atomic mass is 10.3. The second-order valence-corrected chi connectivity index (χ2v) is 10.1. The molecule has 0 saturated heterocycles. The number of pyridine rings is 1. The minimum atomic E-state index is -3.70. The zero-order valence-electron chi connectivity index (χ0n) is 13.5. The second kappa shape index (κ2) is 6.86. The van der Waals surface area contributed by atoms with Crippen molar-refractivity contribution in [2.24, 2.45) is 0 Å². The second-order valence-electron chi connectivity index (χ2n) is 5.58. The highest BCUT2D eigenvalue weighted by Crippen LogP contribution is 2.32. The molecule has 0 aliphatic carbocycles. The van der Waals surface area contributed by atoms with Gasteiger partial charge in [0.1, 0.15) is 9.86 Å². The molecule has 0 aliphatic heterocycles. The average molecular weight is 448 g/mol. The number of hydrogen-bond donors (Lipinski definition) is 0. The molecule has 4 rings (SSSR count). The first-order valence-electron chi connectivity index (χ1n) is 7.80. The van der Waals surface area contributed by atoms with E-state index in [-0.39, 0.29) is 6.54 Å². The van der Waals surface area contributed by atoms with Gasteiger partial charge in [0.05, 0.1) is 27.9 Å². The number of imidazole rings is 1. The van der Waals surface area contributed by atoms with Crippen molar-refractivity contribution >= 4 is 48.6 Å². The molecule has 3 heterocycles. The molecule has 8 heteroatoms. The number of anilines is 1. The molecule has 1 aromatic carbocycles. The summed E-state index contributed by atoms with van der Waals surface area (Å²) in [5.41, 5.74) is 2.19. The van der Waals surface area contributed by atoms with Gasteiger partial charge in [-0.1, -0.05) is 24.3 Å². The summed E-state index contributed by atoms with van der Waals surface area (Å²) >= 11 is 4.54. The summed E-state index contributed by atoms with van der Waals surface area (Å²) in [4.78, 5) is 4.36. The molecular formula is C18H14BrN3O2S2. The maximum atomic E-state index is 13.3. The SMILES string of the molecule is O=S(=O)(c1ccc(Br)s1)N(Cc1cnc2ccccn12)c1ccccc1. The quantitative estimate of drug-likeness (QED) is 0.450. The molecule has 0 atom stereocenters. The van der Waals surface area contributed by atoms with Crippen molar-refractivity contribution in [1.82, 2.24) is 9.38 Å². The van der Waals surface area contributed by atoms with Gasteiger partial charge in [0.25, 0.3) is 10.0 Å². The van der Waals surface area contributed by atoms with E-state index in [9.17, 15) is 8.42 Å². The summed E-state index contributed by atoms with van der Waals surface area (Å²) in [6.07, 6.45) is 3.60. The monoisotopic (exact) mass is 447 g/mol. The zero-order chi connectivity index (χ0) is 18.1. The zero-order valence-corrected chi connectivity index (χ0v) is 16.7. The third kappa shape index (κ3) is 3.15. The fraction of sp³-hybridized carbons (Fsp3) is 0.0556. The number of thiophene rings is 1. The summed E-state index contributed by atoms with van der Waals surface area (Å²) in [5, 5.41) is 0. The Kier molecular flexibility index (Phi) is 4.56. The van der Waals surface area contributed by atoms with E-state index in [1.807, 2.05) is 47.0 Å². The molecule has 0 saturated carbocycles. The molecule has 0 aliphatic rings. The highest BCUT2D eigenvalue weighted by atomic mass is 79.9. The van der Waals surface area contributed by atoms with Crippen LogP contribution in [0, 0.1) is 0 Å². The standard InChI is InChI=1S/C18H14BrN3O2S2/c19-16-9-10-18(25-16)26(23,24)22(14-6-2-1-3-7-14)13-15-12-20-17-8-4-5-11-21(15)17/h1-12H,13H2. The molecule has 0 radical (unpaired) electrons. The Hall–Kier alpha value is -2.16. The normalized spacial score (nSPS) is 11.7. The van der Waals surface area contributed by atoms with Gasteiger partial charge < -0.3 is 4.40 Å². The summed E-state index contributed by atoms with van der Waals surface area (Å²) in [5.74, 6) is 0. The first-order chi connectivity index (χ1) is 12.6. The van der Waals surface area contributed by atoms with Gasteiger partial charge in [0.2, 0.25) is 0 Å². The lowest BCUT2D eigenvalue weighted by Crippen LogP contribution is -2.30. The first kappa shape index (κ1) is 17.3. The molecule has 132 valence electrons. The van der Waals surface area contributed by atoms with Crippen LogP contribution in [0.1, 0.15) is 5.69 Å². The van der Waals surface area contributed by atoms with Crippen molar-refractivity contribution in [3.8, 4) is 0 Å². The molecule has 26 heavy (non-hydrogen) atoms. The molecule has 0 bridgehead atoms. The van der Waals surface area contributed by atoms with Gasteiger partial charge >= 0.3 is 0 Å². The van der Waals surface area contributed by atoms with Crippen molar-refractivity contribution in [3.05, 3.63) is 82.5 Å². The van der Waals surface area contributed by atoms with Crippen LogP contribution >= 0.6 is 27.3 Å². The third-order valence-corrected chi connectivity index (χ3v) is 7.80. The molecule has 4 aromatic rings. The highest BCUT2D eigenvalue weighted by molar-refractivity contribution is 9.11. The molecule has 0 fully saturated rings. The summed E-state index contributed by atoms with van der Waals surface area (Å²) in [6.45, 7) is 0.188. The summed E-state index contributed by atoms with van der Waals surface area (Å²) in [7, 11) is -3.70. The van der Waals surface area contributed by atoms with Crippen LogP contribution in [0.4, 0.5) is 5.69 Å². The van der Waals surface area contributed by atoms with Crippen LogP contribution in [0.25, 0.3) is 5.65 Å². The van der Waals surface area contributed by atoms with E-state index < -0.39 is 10.0 Å². The van der Waals surface area contributed by atoms with Crippen LogP contribution < -0.4 is 4.31 Å². The number of aromatic nitrogens is 2. The lowest BCUT2D eigenvalue weighted by molar-refractivity contribution is 0.592. The number of rotatable bonds is 5. The first-order valence-corrected chi connectivity index (χ1v) is 10.8. The smallest absolute Gasteiger partial charge is 0.274 e. The molecule has 0 N–H and O–H groups in total. The number of hydrogen-bond acceptors (Lipinski definition) is 4. The minimum Gasteiger partial charge on any atom is -0.302 e. The predicted molar refractivity (Wildman–Crippen MR) is 107 cm³/mol. The Labute approximate surface area is 163 Å². The summed E-state index contributed by atoms with van der Waals surface area (Å²) < 4.78 is 31.0. The Morgan fingerprint density at radius 3 is 2.54 bits per heavy atom. The molecule has 0 spiro atoms. The Bertz CT molecular complexity index is 1150. The maximum absolute atomic E-state index is 13.3. The van der Waals surface area contributed by atoms with Crippen LogP contribution in [-0.2, 0) is 16.6 Å². The summed E-state index contributed by atoms with van der Waals surface area (Å²) in [6, 6.07) is 18.2. The molecule has 3 aromatic heterocycles. The number of sulfonamides is 1. The number of nitrogens with zero attached hydrogens (tertiary/aromatic N) is 3. The van der Waals surface area contributed by atoms with Crippen molar-refractivity contribution in [1.29, 1.82) is 0 Å². The number of para-hydroxylation sites is 1. The number of halogens is 1. The van der Waals surface area contributed by atoms with E-state index >= 15 is 0 Å². The van der Waals surface area contributed by atoms with Crippen molar-refractivity contribution in [2.75, 3.05) is 4.31 Å². The fourth-order valence-electron chi connectivity index (χ4n) is 2.70. The maximum Gasteiger partial charge on any atom is 0.274 e. The molecule has 5 nitrogen and oxygen atoms in total. The van der Waals surface area contributed by atoms with E-state index in [0.29, 0.717) is 9.90 Å². The van der Waals surface area contributed by atoms with Crippen molar-refractivity contribution in [2.45, 2.75) is 10.8 Å². The minimum absolute atomic E-state index is 0.188. The molecule has 0 unspecified atom stereocenters. The van der Waals surface area contributed by atoms with Crippen LogP contribution in [0.3, 0.4) is 0 Å². The third-order valence-electron chi connectivity index (χ3n) is 3.94. The van der Waals surface area contributed by atoms with Gasteiger partial charge in [-0.2, -0.15) is 0 Å². The van der Waals surface area contributed by atoms with Crippen molar-refractivity contribution < 1.29 is 8.42 Å². The van der Waals surface area contributed by atoms with Crippen molar-refractivity contribution in [3.63, 3.8) is 0 Å². The Morgan fingerprint density at radius 1 is 1.04 bits per heavy atom. The van der Waals surface area contributed by atoms with Gasteiger partial charge in [-0.3, -0.25) is 4.31 Å². The van der Waals surface area contributed by atoms with Gasteiger partial charge in [-0.15, -0.1) is 11.3 Å². The van der Waals surface area contributed by atoms with E-state index in [4.69, 9.17) is 0 Å². The molecular weight excluding hydrogens is 434 g/mol. The average Bonchev–Trinajstić information content (AvgIpc) is 3.27. The lowest BCUT2D eigenvalue weighted by Gasteiger charge is -2.23. The predicted octanol–water partition coefficient (Wildman–Crippen LogP) is 4.55. The topological polar surface area (TPSA) is 54.7 Å². The molecule has 0 amide bonds. The number of benzene rings is 1. The van der Waals surface area contributed by atoms with Crippen LogP contribution in [0.2, 0.25) is 0 Å². The highest BCUT2D eigenvalue weighted by Gasteiger charge is 2.27. The van der Waals surface area contributed by atoms with Gasteiger partial charge in [0, 0.05) is 6.20 Å². The van der Waals surface area contributed by atoms with E-state index in [1.165, 1.54) is 15.6 Å². The Morgan fingerprint density at radius 2 is 1.81 bits per heavy atom. The van der Waals surface area contributed by atoms with Gasteiger partial charge in [-0.25, -0.2) is 13.4 Å². The van der Waals surface area contributed by atoms with Gasteiger partial charge in [0.15, 0.2) is 0 Å². The largest absolute Gasteiger partial charge is 0.302 e. The van der Waals surface area contributed by atoms with E-state index in [0.717, 1.165) is 15.1 Å². The van der Waals surface area contributed by atoms with Crippen LogP contribution in [0.15, 0.2) is 81.1 Å². The fourth-order valence-corrected chi connectivity index (χ4v) is 6.26. The number of fused-ring (bicyclic) bond motifs is 1. The van der Waals surface area contributed by atoms with Crippen LogP contribution in [-0.4, -0.2) is 17.8 Å². The Balaban J connectivity index is 1.82. The van der Waals surface area contributed by atoms with E-state index in [1.54, 1.807) is 30.5 Å².